The second-order valence-corrected chi connectivity index (χ2v) is 12.1. The molecule has 1 aliphatic heterocycles. The van der Waals surface area contributed by atoms with Gasteiger partial charge in [-0.25, -0.2) is 9.97 Å². The summed E-state index contributed by atoms with van der Waals surface area (Å²) >= 11 is 0. The fourth-order valence-corrected chi connectivity index (χ4v) is 7.44. The Labute approximate surface area is 268 Å². The van der Waals surface area contributed by atoms with Crippen LogP contribution in [-0.4, -0.2) is 15.0 Å². The van der Waals surface area contributed by atoms with Gasteiger partial charge in [-0.1, -0.05) is 97.1 Å². The Morgan fingerprint density at radius 1 is 0.500 bits per heavy atom. The van der Waals surface area contributed by atoms with E-state index < -0.39 is 5.41 Å². The number of hydrogen-bond acceptors (Lipinski definition) is 4. The third kappa shape index (κ3) is 3.83. The van der Waals surface area contributed by atoms with Crippen molar-refractivity contribution in [3.63, 3.8) is 0 Å². The highest BCUT2D eigenvalue weighted by atomic mass is 16.5. The van der Waals surface area contributed by atoms with Crippen LogP contribution in [0.4, 0.5) is 0 Å². The highest BCUT2D eigenvalue weighted by Crippen LogP contribution is 2.63. The number of benzene rings is 5. The molecular weight excluding hydrogens is 562 g/mol. The molecule has 0 saturated heterocycles. The minimum absolute atomic E-state index is 0.564. The molecule has 2 aromatic heterocycles. The molecule has 0 fully saturated rings. The van der Waals surface area contributed by atoms with Crippen molar-refractivity contribution in [1.82, 2.24) is 15.0 Å². The van der Waals surface area contributed by atoms with Gasteiger partial charge in [-0.2, -0.15) is 0 Å². The van der Waals surface area contributed by atoms with E-state index in [1.807, 2.05) is 37.4 Å². The Kier molecular flexibility index (Phi) is 5.81. The predicted molar refractivity (Wildman–Crippen MR) is 183 cm³/mol. The number of fused-ring (bicyclic) bond motifs is 9. The summed E-state index contributed by atoms with van der Waals surface area (Å²) in [5.41, 5.74) is 13.6. The van der Waals surface area contributed by atoms with Crippen LogP contribution in [0.15, 0.2) is 140 Å². The van der Waals surface area contributed by atoms with Gasteiger partial charge in [0.05, 0.1) is 22.5 Å². The van der Waals surface area contributed by atoms with E-state index in [2.05, 4.69) is 116 Å². The van der Waals surface area contributed by atoms with E-state index in [0.717, 1.165) is 67.8 Å². The summed E-state index contributed by atoms with van der Waals surface area (Å²) in [7, 11) is 0. The third-order valence-electron chi connectivity index (χ3n) is 9.36. The Morgan fingerprint density at radius 3 is 2.04 bits per heavy atom. The highest BCUT2D eigenvalue weighted by molar-refractivity contribution is 5.91. The molecule has 218 valence electrons. The number of aromatic nitrogens is 3. The van der Waals surface area contributed by atoms with Gasteiger partial charge in [-0.05, 0) is 78.1 Å². The number of ether oxygens (including phenoxy) is 1. The normalized spacial score (nSPS) is 15.4. The van der Waals surface area contributed by atoms with Crippen LogP contribution in [0, 0.1) is 13.8 Å². The number of pyridine rings is 1. The quantitative estimate of drug-likeness (QED) is 0.205. The second kappa shape index (κ2) is 10.1. The van der Waals surface area contributed by atoms with Crippen LogP contribution < -0.4 is 4.74 Å². The lowest BCUT2D eigenvalue weighted by molar-refractivity contribution is 0.438. The minimum Gasteiger partial charge on any atom is -0.456 e. The second-order valence-electron chi connectivity index (χ2n) is 12.1. The van der Waals surface area contributed by atoms with Gasteiger partial charge in [0.2, 0.25) is 0 Å². The van der Waals surface area contributed by atoms with Crippen molar-refractivity contribution in [2.24, 2.45) is 0 Å². The standard InChI is InChI=1S/C42H29N3O/c1-26-21-22-43-39(23-26)31-14-10-17-36-41(31)46-40-18-9-8-16-35(40)42(36)33-15-7-6-13-30(33)32-24-29(19-20-34(32)42)38-25-37(44-27(2)45-38)28-11-4-3-5-12-28/h3-25H,1-2H3. The molecule has 0 saturated carbocycles. The SMILES string of the molecule is Cc1ccnc(-c2cccc3c2Oc2ccccc2C32c3ccccc3-c3cc(-c4cc(-c5ccccc5)nc(C)n4)ccc32)c1. The van der Waals surface area contributed by atoms with Gasteiger partial charge in [0, 0.05) is 34.0 Å². The summed E-state index contributed by atoms with van der Waals surface area (Å²) in [6.45, 7) is 4.06. The molecule has 3 heterocycles. The van der Waals surface area contributed by atoms with Gasteiger partial charge >= 0.3 is 0 Å². The number of para-hydroxylation sites is 2. The van der Waals surface area contributed by atoms with Crippen molar-refractivity contribution >= 4 is 0 Å². The van der Waals surface area contributed by atoms with E-state index in [-0.39, 0.29) is 0 Å². The Bertz CT molecular complexity index is 2330. The summed E-state index contributed by atoms with van der Waals surface area (Å²) in [6, 6.07) is 47.1. The third-order valence-corrected chi connectivity index (χ3v) is 9.36. The van der Waals surface area contributed by atoms with Crippen LogP contribution in [0.1, 0.15) is 33.6 Å². The van der Waals surface area contributed by atoms with E-state index in [9.17, 15) is 0 Å². The highest BCUT2D eigenvalue weighted by Gasteiger charge is 2.51. The van der Waals surface area contributed by atoms with Crippen LogP contribution in [0.25, 0.3) is 44.9 Å². The van der Waals surface area contributed by atoms with Crippen molar-refractivity contribution in [3.05, 3.63) is 173 Å². The lowest BCUT2D eigenvalue weighted by Crippen LogP contribution is -2.32. The number of nitrogens with zero attached hydrogens (tertiary/aromatic N) is 3. The molecule has 4 nitrogen and oxygen atoms in total. The van der Waals surface area contributed by atoms with E-state index >= 15 is 0 Å². The van der Waals surface area contributed by atoms with Crippen molar-refractivity contribution in [2.75, 3.05) is 0 Å². The first-order chi connectivity index (χ1) is 22.6. The monoisotopic (exact) mass is 591 g/mol. The Morgan fingerprint density at radius 2 is 1.20 bits per heavy atom. The molecule has 5 aromatic carbocycles. The zero-order valence-corrected chi connectivity index (χ0v) is 25.5. The molecule has 2 aliphatic rings. The lowest BCUT2D eigenvalue weighted by atomic mass is 9.65. The number of hydrogen-bond donors (Lipinski definition) is 0. The summed E-state index contributed by atoms with van der Waals surface area (Å²) in [6.07, 6.45) is 1.87. The largest absolute Gasteiger partial charge is 0.456 e. The van der Waals surface area contributed by atoms with Gasteiger partial charge < -0.3 is 4.74 Å². The van der Waals surface area contributed by atoms with Crippen LogP contribution >= 0.6 is 0 Å². The summed E-state index contributed by atoms with van der Waals surface area (Å²) in [4.78, 5) is 14.4. The van der Waals surface area contributed by atoms with E-state index in [0.29, 0.717) is 0 Å². The average molecular weight is 592 g/mol. The molecule has 0 radical (unpaired) electrons. The van der Waals surface area contributed by atoms with Crippen LogP contribution in [0.3, 0.4) is 0 Å². The molecule has 46 heavy (non-hydrogen) atoms. The molecule has 0 bridgehead atoms. The van der Waals surface area contributed by atoms with Crippen molar-refractivity contribution in [2.45, 2.75) is 19.3 Å². The molecule has 0 amide bonds. The maximum absolute atomic E-state index is 6.82. The topological polar surface area (TPSA) is 47.9 Å². The molecule has 1 unspecified atom stereocenters. The smallest absolute Gasteiger partial charge is 0.141 e. The maximum Gasteiger partial charge on any atom is 0.141 e. The molecule has 0 N–H and O–H groups in total. The molecule has 7 aromatic rings. The maximum atomic E-state index is 6.82. The first-order valence-electron chi connectivity index (χ1n) is 15.6. The number of rotatable bonds is 3. The van der Waals surface area contributed by atoms with Crippen molar-refractivity contribution in [3.8, 4) is 56.4 Å². The zero-order valence-electron chi connectivity index (χ0n) is 25.5. The minimum atomic E-state index is -0.564. The van der Waals surface area contributed by atoms with Crippen LogP contribution in [-0.2, 0) is 5.41 Å². The molecule has 4 heteroatoms. The fourth-order valence-electron chi connectivity index (χ4n) is 7.44. The molecule has 1 aliphatic carbocycles. The Hall–Kier alpha value is -5.87. The molecular formula is C42H29N3O. The zero-order chi connectivity index (χ0) is 30.8. The summed E-state index contributed by atoms with van der Waals surface area (Å²) < 4.78 is 6.82. The van der Waals surface area contributed by atoms with Gasteiger partial charge in [0.1, 0.15) is 17.3 Å². The summed E-state index contributed by atoms with van der Waals surface area (Å²) in [5.74, 6) is 2.46. The lowest BCUT2D eigenvalue weighted by Gasteiger charge is -2.40. The fraction of sp³-hybridized carbons (Fsp3) is 0.0714. The van der Waals surface area contributed by atoms with Crippen molar-refractivity contribution < 1.29 is 4.74 Å². The van der Waals surface area contributed by atoms with E-state index in [4.69, 9.17) is 19.7 Å². The average Bonchev–Trinajstić information content (AvgIpc) is 3.38. The van der Waals surface area contributed by atoms with E-state index in [1.165, 1.54) is 22.3 Å². The first kappa shape index (κ1) is 26.5. The molecule has 1 spiro atoms. The Balaban J connectivity index is 1.31. The van der Waals surface area contributed by atoms with Gasteiger partial charge in [0.15, 0.2) is 0 Å². The van der Waals surface area contributed by atoms with Crippen LogP contribution in [0.2, 0.25) is 0 Å². The van der Waals surface area contributed by atoms with Gasteiger partial charge in [-0.3, -0.25) is 4.98 Å². The van der Waals surface area contributed by atoms with Gasteiger partial charge in [0.25, 0.3) is 0 Å². The molecule has 1 atom stereocenters. The first-order valence-corrected chi connectivity index (χ1v) is 15.6. The van der Waals surface area contributed by atoms with Gasteiger partial charge in [-0.15, -0.1) is 0 Å². The van der Waals surface area contributed by atoms with Crippen LogP contribution in [0.5, 0.6) is 11.5 Å². The van der Waals surface area contributed by atoms with E-state index in [1.54, 1.807) is 0 Å². The van der Waals surface area contributed by atoms with Crippen molar-refractivity contribution in [1.29, 1.82) is 0 Å². The molecule has 9 rings (SSSR count). The predicted octanol–water partition coefficient (Wildman–Crippen LogP) is 9.96. The number of aryl methyl sites for hydroxylation is 2. The summed E-state index contributed by atoms with van der Waals surface area (Å²) in [5, 5.41) is 0.